The zero-order valence-electron chi connectivity index (χ0n) is 10.8. The van der Waals surface area contributed by atoms with E-state index in [-0.39, 0.29) is 5.91 Å². The number of aryl methyl sites for hydroxylation is 2. The summed E-state index contributed by atoms with van der Waals surface area (Å²) in [6, 6.07) is 1.89. The Hall–Kier alpha value is -1.36. The van der Waals surface area contributed by atoms with Crippen molar-refractivity contribution in [1.82, 2.24) is 4.90 Å². The molecule has 0 aromatic carbocycles. The van der Waals surface area contributed by atoms with Crippen molar-refractivity contribution in [3.63, 3.8) is 0 Å². The summed E-state index contributed by atoms with van der Waals surface area (Å²) in [6.07, 6.45) is 0.524. The molecule has 0 spiro atoms. The number of amides is 1. The molecule has 1 N–H and O–H groups in total. The first kappa shape index (κ1) is 13.1. The number of carboxylic acids is 1. The number of rotatable bonds is 2. The van der Waals surface area contributed by atoms with Crippen molar-refractivity contribution in [2.45, 2.75) is 27.2 Å². The predicted octanol–water partition coefficient (Wildman–Crippen LogP) is 2.30. The van der Waals surface area contributed by atoms with Gasteiger partial charge in [0.2, 0.25) is 0 Å². The number of carbonyl (C=O) groups is 2. The van der Waals surface area contributed by atoms with E-state index in [1.807, 2.05) is 19.9 Å². The van der Waals surface area contributed by atoms with E-state index in [9.17, 15) is 9.59 Å². The van der Waals surface area contributed by atoms with Gasteiger partial charge in [0.25, 0.3) is 5.91 Å². The van der Waals surface area contributed by atoms with Gasteiger partial charge in [-0.3, -0.25) is 9.59 Å². The maximum absolute atomic E-state index is 12.3. The van der Waals surface area contributed by atoms with Gasteiger partial charge in [0.1, 0.15) is 0 Å². The van der Waals surface area contributed by atoms with Gasteiger partial charge in [-0.2, -0.15) is 0 Å². The first-order valence-electron chi connectivity index (χ1n) is 5.93. The van der Waals surface area contributed by atoms with Crippen molar-refractivity contribution in [3.8, 4) is 0 Å². The molecule has 1 fully saturated rings. The van der Waals surface area contributed by atoms with Crippen LogP contribution in [0.2, 0.25) is 0 Å². The topological polar surface area (TPSA) is 57.6 Å². The van der Waals surface area contributed by atoms with Gasteiger partial charge in [-0.25, -0.2) is 0 Å². The molecule has 1 aromatic rings. The Morgan fingerprint density at radius 1 is 1.44 bits per heavy atom. The van der Waals surface area contributed by atoms with Crippen LogP contribution in [0.15, 0.2) is 6.07 Å². The number of thiophene rings is 1. The molecule has 5 heteroatoms. The Morgan fingerprint density at radius 2 is 2.11 bits per heavy atom. The molecule has 1 aromatic heterocycles. The fourth-order valence-electron chi connectivity index (χ4n) is 2.32. The third kappa shape index (κ3) is 2.14. The van der Waals surface area contributed by atoms with Crippen molar-refractivity contribution in [2.75, 3.05) is 13.1 Å². The quantitative estimate of drug-likeness (QED) is 0.894. The standard InChI is InChI=1S/C13H17NO3S/c1-8-6-10(9(2)18-8)11(15)14-5-4-13(3,7-14)12(16)17/h6H,4-5,7H2,1-3H3,(H,16,17). The summed E-state index contributed by atoms with van der Waals surface area (Å²) in [7, 11) is 0. The second-order valence-corrected chi connectivity index (χ2v) is 6.63. The molecule has 0 aliphatic carbocycles. The summed E-state index contributed by atoms with van der Waals surface area (Å²) >= 11 is 1.60. The van der Waals surface area contributed by atoms with Crippen LogP contribution < -0.4 is 0 Å². The molecule has 0 radical (unpaired) electrons. The highest BCUT2D eigenvalue weighted by Crippen LogP contribution is 2.32. The number of hydrogen-bond acceptors (Lipinski definition) is 3. The van der Waals surface area contributed by atoms with E-state index in [4.69, 9.17) is 5.11 Å². The summed E-state index contributed by atoms with van der Waals surface area (Å²) in [6.45, 7) is 6.43. The van der Waals surface area contributed by atoms with Gasteiger partial charge in [-0.15, -0.1) is 11.3 Å². The largest absolute Gasteiger partial charge is 0.481 e. The van der Waals surface area contributed by atoms with Crippen LogP contribution in [0.1, 0.15) is 33.5 Å². The second kappa shape index (κ2) is 4.39. The van der Waals surface area contributed by atoms with Crippen LogP contribution in [-0.2, 0) is 4.79 Å². The van der Waals surface area contributed by atoms with Crippen molar-refractivity contribution >= 4 is 23.2 Å². The molecule has 1 aliphatic heterocycles. The zero-order valence-corrected chi connectivity index (χ0v) is 11.6. The lowest BCUT2D eigenvalue weighted by atomic mass is 9.90. The number of carbonyl (C=O) groups excluding carboxylic acids is 1. The maximum atomic E-state index is 12.3. The molecule has 2 heterocycles. The summed E-state index contributed by atoms with van der Waals surface area (Å²) in [5.41, 5.74) is -0.0820. The lowest BCUT2D eigenvalue weighted by Gasteiger charge is -2.20. The number of nitrogens with zero attached hydrogens (tertiary/aromatic N) is 1. The molecule has 18 heavy (non-hydrogen) atoms. The van der Waals surface area contributed by atoms with Gasteiger partial charge in [0, 0.05) is 22.8 Å². The van der Waals surface area contributed by atoms with E-state index >= 15 is 0 Å². The lowest BCUT2D eigenvalue weighted by Crippen LogP contribution is -2.34. The van der Waals surface area contributed by atoms with E-state index in [2.05, 4.69) is 0 Å². The molecule has 2 rings (SSSR count). The number of likely N-dealkylation sites (tertiary alicyclic amines) is 1. The number of carboxylic acid groups (broad SMARTS) is 1. The van der Waals surface area contributed by atoms with E-state index in [0.717, 1.165) is 9.75 Å². The molecular weight excluding hydrogens is 250 g/mol. The monoisotopic (exact) mass is 267 g/mol. The van der Waals surface area contributed by atoms with Crippen molar-refractivity contribution < 1.29 is 14.7 Å². The highest BCUT2D eigenvalue weighted by atomic mass is 32.1. The summed E-state index contributed by atoms with van der Waals surface area (Å²) < 4.78 is 0. The zero-order chi connectivity index (χ0) is 13.5. The Kier molecular flexibility index (Phi) is 3.19. The van der Waals surface area contributed by atoms with E-state index in [1.165, 1.54) is 0 Å². The summed E-state index contributed by atoms with van der Waals surface area (Å²) in [5.74, 6) is -0.863. The highest BCUT2D eigenvalue weighted by Gasteiger charge is 2.42. The Morgan fingerprint density at radius 3 is 2.56 bits per heavy atom. The number of aliphatic carboxylic acids is 1. The first-order chi connectivity index (χ1) is 8.33. The van der Waals surface area contributed by atoms with Gasteiger partial charge in [-0.1, -0.05) is 0 Å². The third-order valence-electron chi connectivity index (χ3n) is 3.55. The minimum Gasteiger partial charge on any atom is -0.481 e. The Bertz CT molecular complexity index is 508. The molecule has 1 atom stereocenters. The van der Waals surface area contributed by atoms with Crippen LogP contribution in [0, 0.1) is 19.3 Å². The third-order valence-corrected chi connectivity index (χ3v) is 4.51. The van der Waals surface area contributed by atoms with Crippen molar-refractivity contribution in [2.24, 2.45) is 5.41 Å². The predicted molar refractivity (Wildman–Crippen MR) is 70.1 cm³/mol. The van der Waals surface area contributed by atoms with Gasteiger partial charge >= 0.3 is 5.97 Å². The van der Waals surface area contributed by atoms with E-state index in [1.54, 1.807) is 23.2 Å². The molecule has 0 bridgehead atoms. The van der Waals surface area contributed by atoms with Crippen molar-refractivity contribution in [3.05, 3.63) is 21.4 Å². The highest BCUT2D eigenvalue weighted by molar-refractivity contribution is 7.12. The van der Waals surface area contributed by atoms with Gasteiger partial charge in [-0.05, 0) is 33.3 Å². The molecule has 1 unspecified atom stereocenters. The van der Waals surface area contributed by atoms with Crippen molar-refractivity contribution in [1.29, 1.82) is 0 Å². The smallest absolute Gasteiger partial charge is 0.311 e. The Balaban J connectivity index is 2.18. The van der Waals surface area contributed by atoms with Crippen LogP contribution >= 0.6 is 11.3 Å². The van der Waals surface area contributed by atoms with Gasteiger partial charge < -0.3 is 10.0 Å². The second-order valence-electron chi connectivity index (χ2n) is 5.17. The SMILES string of the molecule is Cc1cc(C(=O)N2CCC(C)(C(=O)O)C2)c(C)s1. The first-order valence-corrected chi connectivity index (χ1v) is 6.75. The molecule has 98 valence electrons. The fraction of sp³-hybridized carbons (Fsp3) is 0.538. The van der Waals surface area contributed by atoms with Crippen LogP contribution in [0.5, 0.6) is 0 Å². The fourth-order valence-corrected chi connectivity index (χ4v) is 3.24. The molecule has 1 aliphatic rings. The van der Waals surface area contributed by atoms with Crippen LogP contribution in [0.4, 0.5) is 0 Å². The average Bonchev–Trinajstić information content (AvgIpc) is 2.82. The normalized spacial score (nSPS) is 23.4. The molecule has 4 nitrogen and oxygen atoms in total. The van der Waals surface area contributed by atoms with Gasteiger partial charge in [0.15, 0.2) is 0 Å². The lowest BCUT2D eigenvalue weighted by molar-refractivity contribution is -0.147. The molecule has 1 saturated heterocycles. The molecule has 0 saturated carbocycles. The summed E-state index contributed by atoms with van der Waals surface area (Å²) in [5, 5.41) is 9.17. The van der Waals surface area contributed by atoms with E-state index in [0.29, 0.717) is 25.1 Å². The maximum Gasteiger partial charge on any atom is 0.311 e. The molecule has 1 amide bonds. The van der Waals surface area contributed by atoms with E-state index < -0.39 is 11.4 Å². The summed E-state index contributed by atoms with van der Waals surface area (Å²) in [4.78, 5) is 27.3. The van der Waals surface area contributed by atoms with Crippen LogP contribution in [-0.4, -0.2) is 35.0 Å². The molecular formula is C13H17NO3S. The minimum absolute atomic E-state index is 0.0400. The van der Waals surface area contributed by atoms with Crippen LogP contribution in [0.3, 0.4) is 0 Å². The van der Waals surface area contributed by atoms with Gasteiger partial charge in [0.05, 0.1) is 11.0 Å². The number of hydrogen-bond donors (Lipinski definition) is 1. The Labute approximate surface area is 110 Å². The average molecular weight is 267 g/mol. The van der Waals surface area contributed by atoms with Crippen LogP contribution in [0.25, 0.3) is 0 Å². The minimum atomic E-state index is -0.823.